The Labute approximate surface area is 195 Å². The molecule has 0 spiro atoms. The molecule has 3 rings (SSSR count). The van der Waals surface area contributed by atoms with Crippen molar-refractivity contribution in [2.45, 2.75) is 59.0 Å². The summed E-state index contributed by atoms with van der Waals surface area (Å²) in [6.07, 6.45) is 3.44. The largest absolute Gasteiger partial charge is 0.481 e. The molecule has 1 aromatic carbocycles. The van der Waals surface area contributed by atoms with Crippen LogP contribution in [0.15, 0.2) is 33.0 Å². The third-order valence-corrected chi connectivity index (χ3v) is 6.22. The predicted octanol–water partition coefficient (Wildman–Crippen LogP) is 4.32. The number of carbonyl (C=O) groups is 2. The van der Waals surface area contributed by atoms with Gasteiger partial charge in [0.25, 0.3) is 5.91 Å². The van der Waals surface area contributed by atoms with Crippen LogP contribution >= 0.6 is 11.3 Å². The van der Waals surface area contributed by atoms with Crippen molar-refractivity contribution in [3.05, 3.63) is 45.3 Å². The smallest absolute Gasteiger partial charge is 0.303 e. The second-order valence-corrected chi connectivity index (χ2v) is 8.70. The number of unbranched alkanes of at least 4 members (excludes halogenated alkanes) is 2. The average Bonchev–Trinajstić information content (AvgIpc) is 3.21. The summed E-state index contributed by atoms with van der Waals surface area (Å²) >= 11 is 1.40. The van der Waals surface area contributed by atoms with Gasteiger partial charge in [-0.2, -0.15) is 0 Å². The highest BCUT2D eigenvalue weighted by Gasteiger charge is 2.19. The van der Waals surface area contributed by atoms with Crippen LogP contribution in [0.2, 0.25) is 0 Å². The Morgan fingerprint density at radius 1 is 1.27 bits per heavy atom. The summed E-state index contributed by atoms with van der Waals surface area (Å²) < 4.78 is 11.6. The number of carbonyl (C=O) groups excluding carboxylic acids is 1. The first kappa shape index (κ1) is 24.4. The van der Waals surface area contributed by atoms with Gasteiger partial charge in [0.15, 0.2) is 6.10 Å². The summed E-state index contributed by atoms with van der Waals surface area (Å²) in [5.41, 5.74) is 2.30. The highest BCUT2D eigenvalue weighted by Crippen LogP contribution is 2.29. The van der Waals surface area contributed by atoms with Gasteiger partial charge in [0, 0.05) is 30.1 Å². The molecule has 0 aliphatic carbocycles. The lowest BCUT2D eigenvalue weighted by molar-refractivity contribution is -0.137. The van der Waals surface area contributed by atoms with Crippen LogP contribution in [0.25, 0.3) is 21.5 Å². The molecule has 0 aliphatic rings. The van der Waals surface area contributed by atoms with Crippen LogP contribution in [0.4, 0.5) is 0 Å². The van der Waals surface area contributed by atoms with Crippen LogP contribution in [0.3, 0.4) is 0 Å². The number of ether oxygens (including phenoxy) is 1. The third kappa shape index (κ3) is 6.19. The monoisotopic (exact) mass is 472 g/mol. The maximum absolute atomic E-state index is 13.0. The number of fused-ring (bicyclic) bond motifs is 1. The Morgan fingerprint density at radius 2 is 2.06 bits per heavy atom. The zero-order valence-corrected chi connectivity index (χ0v) is 19.8. The Bertz CT molecular complexity index is 1200. The molecule has 33 heavy (non-hydrogen) atoms. The van der Waals surface area contributed by atoms with Gasteiger partial charge in [-0.3, -0.25) is 14.4 Å². The number of nitrogens with one attached hydrogen (secondary N) is 1. The van der Waals surface area contributed by atoms with Gasteiger partial charge in [-0.25, -0.2) is 4.98 Å². The molecule has 3 aromatic rings. The third-order valence-electron chi connectivity index (χ3n) is 5.23. The Morgan fingerprint density at radius 3 is 2.73 bits per heavy atom. The second-order valence-electron chi connectivity index (χ2n) is 7.84. The molecule has 0 saturated heterocycles. The number of amides is 1. The van der Waals surface area contributed by atoms with Crippen molar-refractivity contribution in [2.24, 2.45) is 0 Å². The molecule has 2 heterocycles. The van der Waals surface area contributed by atoms with E-state index in [-0.39, 0.29) is 17.8 Å². The fourth-order valence-corrected chi connectivity index (χ4v) is 4.19. The van der Waals surface area contributed by atoms with Crippen LogP contribution in [-0.2, 0) is 16.0 Å². The van der Waals surface area contributed by atoms with E-state index in [1.807, 2.05) is 19.2 Å². The molecule has 0 radical (unpaired) electrons. The average molecular weight is 473 g/mol. The van der Waals surface area contributed by atoms with Crippen molar-refractivity contribution >= 4 is 34.2 Å². The van der Waals surface area contributed by atoms with E-state index in [0.29, 0.717) is 53.1 Å². The van der Waals surface area contributed by atoms with Gasteiger partial charge < -0.3 is 19.6 Å². The Hall–Kier alpha value is -3.20. The molecule has 9 heteroatoms. The van der Waals surface area contributed by atoms with Crippen molar-refractivity contribution in [2.75, 3.05) is 6.54 Å². The number of aromatic nitrogens is 1. The first-order chi connectivity index (χ1) is 15.8. The van der Waals surface area contributed by atoms with E-state index in [1.165, 1.54) is 17.6 Å². The molecule has 0 fully saturated rings. The fourth-order valence-electron chi connectivity index (χ4n) is 3.39. The molecule has 0 aliphatic heterocycles. The normalized spacial score (nSPS) is 12.0. The van der Waals surface area contributed by atoms with E-state index in [2.05, 4.69) is 10.3 Å². The Balaban J connectivity index is 1.70. The zero-order chi connectivity index (χ0) is 24.0. The van der Waals surface area contributed by atoms with E-state index in [0.717, 1.165) is 17.7 Å². The SMILES string of the molecule is CCc1cc2c(=O)c(-c3nc(C)cs3)coc2cc1OC(C)C(=O)NCCCCCC(=O)O. The van der Waals surface area contributed by atoms with Gasteiger partial charge >= 0.3 is 5.97 Å². The van der Waals surface area contributed by atoms with Gasteiger partial charge in [0.05, 0.1) is 10.9 Å². The van der Waals surface area contributed by atoms with Gasteiger partial charge in [-0.05, 0) is 44.7 Å². The van der Waals surface area contributed by atoms with E-state index in [9.17, 15) is 14.4 Å². The molecule has 8 nitrogen and oxygen atoms in total. The van der Waals surface area contributed by atoms with E-state index >= 15 is 0 Å². The first-order valence-electron chi connectivity index (χ1n) is 11.0. The molecular weight excluding hydrogens is 444 g/mol. The van der Waals surface area contributed by atoms with Crippen molar-refractivity contribution in [3.8, 4) is 16.3 Å². The molecule has 0 saturated carbocycles. The summed E-state index contributed by atoms with van der Waals surface area (Å²) in [7, 11) is 0. The molecule has 0 bridgehead atoms. The molecule has 1 amide bonds. The number of rotatable bonds is 11. The van der Waals surface area contributed by atoms with Crippen molar-refractivity contribution in [1.29, 1.82) is 0 Å². The zero-order valence-electron chi connectivity index (χ0n) is 19.0. The van der Waals surface area contributed by atoms with E-state index < -0.39 is 12.1 Å². The highest BCUT2D eigenvalue weighted by atomic mass is 32.1. The molecule has 1 unspecified atom stereocenters. The Kier molecular flexibility index (Phi) is 8.21. The minimum Gasteiger partial charge on any atom is -0.481 e. The lowest BCUT2D eigenvalue weighted by Crippen LogP contribution is -2.37. The summed E-state index contributed by atoms with van der Waals surface area (Å²) in [5, 5.41) is 14.4. The number of aryl methyl sites for hydroxylation is 2. The number of benzene rings is 1. The molecule has 2 aromatic heterocycles. The molecular formula is C24H28N2O6S. The summed E-state index contributed by atoms with van der Waals surface area (Å²) in [4.78, 5) is 40.4. The van der Waals surface area contributed by atoms with Crippen molar-refractivity contribution in [1.82, 2.24) is 10.3 Å². The van der Waals surface area contributed by atoms with Gasteiger partial charge in [-0.15, -0.1) is 11.3 Å². The van der Waals surface area contributed by atoms with Crippen LogP contribution in [-0.4, -0.2) is 34.6 Å². The van der Waals surface area contributed by atoms with E-state index in [4.69, 9.17) is 14.3 Å². The summed E-state index contributed by atoms with van der Waals surface area (Å²) in [6.45, 7) is 5.94. The lowest BCUT2D eigenvalue weighted by Gasteiger charge is -2.17. The van der Waals surface area contributed by atoms with Gasteiger partial charge in [0.2, 0.25) is 5.43 Å². The maximum atomic E-state index is 13.0. The molecule has 176 valence electrons. The fraction of sp³-hybridized carbons (Fsp3) is 0.417. The number of nitrogens with zero attached hydrogens (tertiary/aromatic N) is 1. The van der Waals surface area contributed by atoms with Crippen molar-refractivity contribution < 1.29 is 23.8 Å². The number of aliphatic carboxylic acids is 1. The van der Waals surface area contributed by atoms with Crippen LogP contribution < -0.4 is 15.5 Å². The summed E-state index contributed by atoms with van der Waals surface area (Å²) in [6, 6.07) is 3.41. The first-order valence-corrected chi connectivity index (χ1v) is 11.8. The minimum absolute atomic E-state index is 0.135. The number of thiazole rings is 1. The molecule has 2 N–H and O–H groups in total. The van der Waals surface area contributed by atoms with Crippen LogP contribution in [0.1, 0.15) is 50.8 Å². The number of carboxylic acids is 1. The van der Waals surface area contributed by atoms with Crippen LogP contribution in [0, 0.1) is 6.92 Å². The van der Waals surface area contributed by atoms with Gasteiger partial charge in [-0.1, -0.05) is 13.3 Å². The number of hydrogen-bond acceptors (Lipinski definition) is 7. The standard InChI is InChI=1S/C24H28N2O6S/c1-4-16-10-17-20(31-12-18(22(17)29)24-26-14(2)13-33-24)11-19(16)32-15(3)23(30)25-9-7-5-6-8-21(27)28/h10-13,15H,4-9H2,1-3H3,(H,25,30)(H,27,28). The minimum atomic E-state index is -0.812. The number of hydrogen-bond donors (Lipinski definition) is 2. The topological polar surface area (TPSA) is 119 Å². The number of carboxylic acid groups (broad SMARTS) is 1. The quantitative estimate of drug-likeness (QED) is 0.399. The van der Waals surface area contributed by atoms with Crippen LogP contribution in [0.5, 0.6) is 5.75 Å². The molecule has 1 atom stereocenters. The van der Waals surface area contributed by atoms with E-state index in [1.54, 1.807) is 19.1 Å². The highest BCUT2D eigenvalue weighted by molar-refractivity contribution is 7.13. The maximum Gasteiger partial charge on any atom is 0.303 e. The predicted molar refractivity (Wildman–Crippen MR) is 127 cm³/mol. The lowest BCUT2D eigenvalue weighted by atomic mass is 10.1. The van der Waals surface area contributed by atoms with Crippen molar-refractivity contribution in [3.63, 3.8) is 0 Å². The van der Waals surface area contributed by atoms with Gasteiger partial charge in [0.1, 0.15) is 22.6 Å². The summed E-state index contributed by atoms with van der Waals surface area (Å²) in [5.74, 6) is -0.574. The second kappa shape index (κ2) is 11.1.